The number of pyridine rings is 1. The van der Waals surface area contributed by atoms with E-state index in [-0.39, 0.29) is 5.41 Å². The van der Waals surface area contributed by atoms with Crippen molar-refractivity contribution in [3.05, 3.63) is 65.9 Å². The lowest BCUT2D eigenvalue weighted by molar-refractivity contribution is 0.00578. The molecule has 3 aromatic rings. The molecule has 6 heteroatoms. The minimum absolute atomic E-state index is 0.155. The lowest BCUT2D eigenvalue weighted by Crippen LogP contribution is -2.41. The molecule has 0 N–H and O–H groups in total. The molecule has 1 aliphatic heterocycles. The van der Waals surface area contributed by atoms with Crippen LogP contribution >= 0.6 is 7.14 Å². The molecule has 0 spiro atoms. The number of hydrogen-bond acceptors (Lipinski definition) is 4. The zero-order chi connectivity index (χ0) is 24.7. The first kappa shape index (κ1) is 23.5. The van der Waals surface area contributed by atoms with Crippen molar-refractivity contribution in [2.45, 2.75) is 58.2 Å². The molecule has 1 aromatic heterocycles. The summed E-state index contributed by atoms with van der Waals surface area (Å²) >= 11 is 0. The van der Waals surface area contributed by atoms with Gasteiger partial charge in [0.15, 0.2) is 0 Å². The molecule has 0 saturated carbocycles. The molecule has 2 aliphatic rings. The standard InChI is InChI=1S/C28H33BNO3P/c1-26(2)23-14-11-18(16-22(23)21-13-12-19(17-24(21)26)34(7,8)31)20-10-9-15-30-25(20)29-32-27(3,4)28(5,6)33-29/h9-17H,1-8H3. The predicted molar refractivity (Wildman–Crippen MR) is 142 cm³/mol. The van der Waals surface area contributed by atoms with E-state index in [1.165, 1.54) is 22.3 Å². The van der Waals surface area contributed by atoms with Crippen LogP contribution in [0.2, 0.25) is 0 Å². The fourth-order valence-electron chi connectivity index (χ4n) is 5.05. The maximum atomic E-state index is 12.8. The zero-order valence-electron chi connectivity index (χ0n) is 21.4. The smallest absolute Gasteiger partial charge is 0.398 e. The van der Waals surface area contributed by atoms with E-state index < -0.39 is 25.5 Å². The normalized spacial score (nSPS) is 19.7. The highest BCUT2D eigenvalue weighted by Gasteiger charge is 2.53. The van der Waals surface area contributed by atoms with Gasteiger partial charge in [0.25, 0.3) is 0 Å². The quantitative estimate of drug-likeness (QED) is 0.367. The van der Waals surface area contributed by atoms with Gasteiger partial charge in [0.2, 0.25) is 0 Å². The minimum Gasteiger partial charge on any atom is -0.398 e. The van der Waals surface area contributed by atoms with Gasteiger partial charge in [-0.15, -0.1) is 0 Å². The van der Waals surface area contributed by atoms with Crippen molar-refractivity contribution in [3.8, 4) is 22.3 Å². The van der Waals surface area contributed by atoms with Crippen LogP contribution in [0, 0.1) is 0 Å². The van der Waals surface area contributed by atoms with E-state index in [0.29, 0.717) is 0 Å². The molecular formula is C28H33BNO3P. The largest absolute Gasteiger partial charge is 0.515 e. The highest BCUT2D eigenvalue weighted by Crippen LogP contribution is 2.50. The summed E-state index contributed by atoms with van der Waals surface area (Å²) in [5, 5.41) is 0.933. The fourth-order valence-corrected chi connectivity index (χ4v) is 5.92. The Labute approximate surface area is 203 Å². The second kappa shape index (κ2) is 7.40. The van der Waals surface area contributed by atoms with E-state index >= 15 is 0 Å². The van der Waals surface area contributed by atoms with Gasteiger partial charge < -0.3 is 13.9 Å². The molecule has 5 rings (SSSR count). The summed E-state index contributed by atoms with van der Waals surface area (Å²) in [4.78, 5) is 4.69. The Morgan fingerprint density at radius 2 is 1.47 bits per heavy atom. The third kappa shape index (κ3) is 3.52. The minimum atomic E-state index is -2.34. The molecule has 1 saturated heterocycles. The first-order valence-corrected chi connectivity index (χ1v) is 14.5. The Bertz CT molecular complexity index is 1340. The number of fused-ring (bicyclic) bond motifs is 3. The molecule has 0 bridgehead atoms. The molecule has 1 aliphatic carbocycles. The summed E-state index contributed by atoms with van der Waals surface area (Å²) in [6, 6.07) is 17.0. The Hall–Kier alpha value is -2.20. The fraction of sp³-hybridized carbons (Fsp3) is 0.393. The maximum absolute atomic E-state index is 12.8. The molecule has 176 valence electrons. The van der Waals surface area contributed by atoms with E-state index in [2.05, 4.69) is 77.9 Å². The van der Waals surface area contributed by atoms with Crippen molar-refractivity contribution in [2.24, 2.45) is 0 Å². The summed E-state index contributed by atoms with van der Waals surface area (Å²) in [6.07, 6.45) is 1.80. The number of nitrogens with zero attached hydrogens (tertiary/aromatic N) is 1. The average molecular weight is 473 g/mol. The molecule has 1 fully saturated rings. The van der Waals surface area contributed by atoms with Crippen LogP contribution in [0.25, 0.3) is 22.3 Å². The maximum Gasteiger partial charge on any atom is 0.515 e. The monoisotopic (exact) mass is 473 g/mol. The first-order chi connectivity index (χ1) is 15.7. The van der Waals surface area contributed by atoms with Gasteiger partial charge in [0, 0.05) is 16.9 Å². The van der Waals surface area contributed by atoms with Gasteiger partial charge in [0.1, 0.15) is 7.14 Å². The molecule has 2 heterocycles. The lowest BCUT2D eigenvalue weighted by atomic mass is 9.78. The van der Waals surface area contributed by atoms with Gasteiger partial charge in [-0.25, -0.2) is 0 Å². The highest BCUT2D eigenvalue weighted by molar-refractivity contribution is 7.70. The predicted octanol–water partition coefficient (Wildman–Crippen LogP) is 5.60. The van der Waals surface area contributed by atoms with Crippen molar-refractivity contribution in [2.75, 3.05) is 13.3 Å². The van der Waals surface area contributed by atoms with Crippen molar-refractivity contribution in [1.29, 1.82) is 0 Å². The van der Waals surface area contributed by atoms with Gasteiger partial charge in [-0.2, -0.15) is 0 Å². The second-order valence-electron chi connectivity index (χ2n) is 11.5. The summed E-state index contributed by atoms with van der Waals surface area (Å²) < 4.78 is 25.4. The van der Waals surface area contributed by atoms with E-state index in [4.69, 9.17) is 14.3 Å². The highest BCUT2D eigenvalue weighted by atomic mass is 31.2. The number of hydrogen-bond donors (Lipinski definition) is 0. The van der Waals surface area contributed by atoms with Crippen LogP contribution in [-0.4, -0.2) is 36.6 Å². The van der Waals surface area contributed by atoms with E-state index in [1.54, 1.807) is 6.20 Å². The Morgan fingerprint density at radius 3 is 2.12 bits per heavy atom. The number of rotatable bonds is 3. The first-order valence-electron chi connectivity index (χ1n) is 11.9. The Balaban J connectivity index is 1.62. The second-order valence-corrected chi connectivity index (χ2v) is 14.7. The third-order valence-electron chi connectivity index (χ3n) is 7.91. The summed E-state index contributed by atoms with van der Waals surface area (Å²) in [6.45, 7) is 16.4. The van der Waals surface area contributed by atoms with Crippen molar-refractivity contribution in [3.63, 3.8) is 0 Å². The molecule has 34 heavy (non-hydrogen) atoms. The van der Waals surface area contributed by atoms with Gasteiger partial charge in [-0.05, 0) is 92.6 Å². The average Bonchev–Trinajstić information content (AvgIpc) is 3.12. The number of benzene rings is 2. The van der Waals surface area contributed by atoms with Crippen LogP contribution in [0.3, 0.4) is 0 Å². The molecule has 2 aromatic carbocycles. The molecular weight excluding hydrogens is 440 g/mol. The molecule has 0 radical (unpaired) electrons. The van der Waals surface area contributed by atoms with Crippen LogP contribution in [0.5, 0.6) is 0 Å². The Kier molecular flexibility index (Phi) is 5.12. The lowest BCUT2D eigenvalue weighted by Gasteiger charge is -2.32. The summed E-state index contributed by atoms with van der Waals surface area (Å²) in [5.74, 6) is 0. The SMILES string of the molecule is CC1(C)c2ccc(-c3cccnc3B3OC(C)(C)C(C)(C)O3)cc2-c2ccc(P(C)(C)=O)cc21. The van der Waals surface area contributed by atoms with Crippen LogP contribution < -0.4 is 10.9 Å². The number of aromatic nitrogens is 1. The van der Waals surface area contributed by atoms with Crippen molar-refractivity contribution >= 4 is 25.2 Å². The van der Waals surface area contributed by atoms with Crippen molar-refractivity contribution < 1.29 is 13.9 Å². The topological polar surface area (TPSA) is 48.4 Å². The molecule has 0 amide bonds. The van der Waals surface area contributed by atoms with Gasteiger partial charge in [0.05, 0.1) is 16.8 Å². The van der Waals surface area contributed by atoms with Gasteiger partial charge >= 0.3 is 7.12 Å². The molecule has 0 atom stereocenters. The van der Waals surface area contributed by atoms with Gasteiger partial charge in [-0.1, -0.05) is 44.2 Å². The molecule has 0 unspecified atom stereocenters. The summed E-state index contributed by atoms with van der Waals surface area (Å²) in [5.41, 5.74) is 6.83. The summed E-state index contributed by atoms with van der Waals surface area (Å²) in [7, 11) is -2.86. The van der Waals surface area contributed by atoms with Crippen LogP contribution in [0.4, 0.5) is 0 Å². The van der Waals surface area contributed by atoms with E-state index in [0.717, 1.165) is 22.0 Å². The third-order valence-corrected chi connectivity index (χ3v) is 9.43. The molecule has 4 nitrogen and oxygen atoms in total. The van der Waals surface area contributed by atoms with Crippen LogP contribution in [0.1, 0.15) is 52.7 Å². The van der Waals surface area contributed by atoms with E-state index in [9.17, 15) is 4.57 Å². The Morgan fingerprint density at radius 1 is 0.794 bits per heavy atom. The van der Waals surface area contributed by atoms with Crippen molar-refractivity contribution in [1.82, 2.24) is 4.98 Å². The van der Waals surface area contributed by atoms with Crippen LogP contribution in [-0.2, 0) is 19.3 Å². The zero-order valence-corrected chi connectivity index (χ0v) is 22.3. The van der Waals surface area contributed by atoms with E-state index in [1.807, 2.05) is 25.5 Å². The van der Waals surface area contributed by atoms with Crippen LogP contribution in [0.15, 0.2) is 54.7 Å². The van der Waals surface area contributed by atoms with Gasteiger partial charge in [-0.3, -0.25) is 4.98 Å².